The van der Waals surface area contributed by atoms with Gasteiger partial charge in [-0.05, 0) is 40.4 Å². The first-order valence-electron chi connectivity index (χ1n) is 6.11. The number of hydrogen-bond donors (Lipinski definition) is 0. The zero-order chi connectivity index (χ0) is 15.1. The van der Waals surface area contributed by atoms with E-state index in [1.54, 1.807) is 6.07 Å². The van der Waals surface area contributed by atoms with Gasteiger partial charge in [-0.1, -0.05) is 6.92 Å². The Morgan fingerprint density at radius 3 is 2.65 bits per heavy atom. The van der Waals surface area contributed by atoms with Gasteiger partial charge in [-0.15, -0.1) is 11.3 Å². The van der Waals surface area contributed by atoms with E-state index in [1.807, 2.05) is 13.8 Å². The summed E-state index contributed by atoms with van der Waals surface area (Å²) in [5, 5.41) is 0. The van der Waals surface area contributed by atoms with Crippen LogP contribution in [0.5, 0.6) is 0 Å². The smallest absolute Gasteiger partial charge is 0.310 e. The standard InChI is InChI=1S/C12H16BrNO4S2/c1-7-4-10(19-11(7)13)20(16,17)14-5-8(2)9(6-14)12(15)18-3/h4,8-9H,5-6H2,1-3H3. The molecule has 2 atom stereocenters. The van der Waals surface area contributed by atoms with Crippen molar-refractivity contribution < 1.29 is 17.9 Å². The van der Waals surface area contributed by atoms with E-state index in [2.05, 4.69) is 15.9 Å². The van der Waals surface area contributed by atoms with E-state index in [0.29, 0.717) is 10.8 Å². The number of ether oxygens (including phenoxy) is 1. The minimum absolute atomic E-state index is 0.0401. The second-order valence-electron chi connectivity index (χ2n) is 4.95. The Kier molecular flexibility index (Phi) is 4.58. The first-order valence-corrected chi connectivity index (χ1v) is 9.16. The van der Waals surface area contributed by atoms with E-state index in [9.17, 15) is 13.2 Å². The van der Waals surface area contributed by atoms with E-state index in [0.717, 1.165) is 9.35 Å². The highest BCUT2D eigenvalue weighted by Crippen LogP contribution is 2.35. The zero-order valence-electron chi connectivity index (χ0n) is 11.4. The first kappa shape index (κ1) is 15.9. The predicted molar refractivity (Wildman–Crippen MR) is 80.2 cm³/mol. The molecule has 112 valence electrons. The highest BCUT2D eigenvalue weighted by molar-refractivity contribution is 9.11. The normalized spacial score (nSPS) is 24.0. The number of methoxy groups -OCH3 is 1. The Morgan fingerprint density at radius 2 is 2.15 bits per heavy atom. The van der Waals surface area contributed by atoms with Crippen molar-refractivity contribution in [1.82, 2.24) is 4.31 Å². The zero-order valence-corrected chi connectivity index (χ0v) is 14.6. The van der Waals surface area contributed by atoms with Crippen molar-refractivity contribution in [1.29, 1.82) is 0 Å². The molecule has 1 fully saturated rings. The molecule has 2 unspecified atom stereocenters. The predicted octanol–water partition coefficient (Wildman–Crippen LogP) is 2.25. The van der Waals surface area contributed by atoms with Gasteiger partial charge in [0, 0.05) is 13.1 Å². The van der Waals surface area contributed by atoms with Crippen LogP contribution in [0.1, 0.15) is 12.5 Å². The SMILES string of the molecule is COC(=O)C1CN(S(=O)(=O)c2cc(C)c(Br)s2)CC1C. The Morgan fingerprint density at radius 1 is 1.50 bits per heavy atom. The van der Waals surface area contributed by atoms with Crippen LogP contribution in [0.4, 0.5) is 0 Å². The Hall–Kier alpha value is -0.440. The molecule has 2 rings (SSSR count). The fourth-order valence-corrected chi connectivity index (χ4v) is 6.21. The van der Waals surface area contributed by atoms with Gasteiger partial charge < -0.3 is 4.74 Å². The molecular formula is C12H16BrNO4S2. The molecule has 20 heavy (non-hydrogen) atoms. The number of aryl methyl sites for hydroxylation is 1. The lowest BCUT2D eigenvalue weighted by Crippen LogP contribution is -2.29. The summed E-state index contributed by atoms with van der Waals surface area (Å²) in [4.78, 5) is 11.6. The molecule has 1 aromatic rings. The van der Waals surface area contributed by atoms with Gasteiger partial charge in [0.2, 0.25) is 0 Å². The molecule has 0 saturated carbocycles. The van der Waals surface area contributed by atoms with E-state index in [1.165, 1.54) is 22.8 Å². The summed E-state index contributed by atoms with van der Waals surface area (Å²) in [5.74, 6) is -0.778. The van der Waals surface area contributed by atoms with Crippen molar-refractivity contribution >= 4 is 43.3 Å². The van der Waals surface area contributed by atoms with Crippen LogP contribution in [0.3, 0.4) is 0 Å². The lowest BCUT2D eigenvalue weighted by Gasteiger charge is -2.14. The second kappa shape index (κ2) is 5.75. The summed E-state index contributed by atoms with van der Waals surface area (Å²) >= 11 is 4.53. The van der Waals surface area contributed by atoms with Crippen molar-refractivity contribution in [3.05, 3.63) is 15.4 Å². The highest BCUT2D eigenvalue weighted by atomic mass is 79.9. The molecule has 0 amide bonds. The lowest BCUT2D eigenvalue weighted by atomic mass is 9.99. The average molecular weight is 382 g/mol. The molecule has 0 spiro atoms. The molecule has 1 aromatic heterocycles. The number of hydrogen-bond acceptors (Lipinski definition) is 5. The van der Waals surface area contributed by atoms with E-state index >= 15 is 0 Å². The van der Waals surface area contributed by atoms with Crippen LogP contribution in [0, 0.1) is 18.8 Å². The summed E-state index contributed by atoms with van der Waals surface area (Å²) in [5.41, 5.74) is 0.894. The molecule has 0 aromatic carbocycles. The molecule has 0 bridgehead atoms. The second-order valence-corrected chi connectivity index (χ2v) is 9.49. The maximum Gasteiger partial charge on any atom is 0.310 e. The van der Waals surface area contributed by atoms with Gasteiger partial charge in [-0.25, -0.2) is 8.42 Å². The largest absolute Gasteiger partial charge is 0.469 e. The molecule has 8 heteroatoms. The van der Waals surface area contributed by atoms with Gasteiger partial charge in [0.05, 0.1) is 16.8 Å². The third-order valence-electron chi connectivity index (χ3n) is 3.51. The monoisotopic (exact) mass is 381 g/mol. The molecule has 1 aliphatic heterocycles. The van der Waals surface area contributed by atoms with E-state index < -0.39 is 10.0 Å². The van der Waals surface area contributed by atoms with Crippen LogP contribution in [0.25, 0.3) is 0 Å². The molecule has 2 heterocycles. The van der Waals surface area contributed by atoms with E-state index in [4.69, 9.17) is 4.74 Å². The fraction of sp³-hybridized carbons (Fsp3) is 0.583. The summed E-state index contributed by atoms with van der Waals surface area (Å²) in [6.07, 6.45) is 0. The molecule has 0 aliphatic carbocycles. The van der Waals surface area contributed by atoms with Gasteiger partial charge in [0.25, 0.3) is 10.0 Å². The molecule has 1 aliphatic rings. The lowest BCUT2D eigenvalue weighted by molar-refractivity contribution is -0.145. The fourth-order valence-electron chi connectivity index (χ4n) is 2.26. The minimum Gasteiger partial charge on any atom is -0.469 e. The summed E-state index contributed by atoms with van der Waals surface area (Å²) in [6, 6.07) is 1.65. The van der Waals surface area contributed by atoms with Gasteiger partial charge >= 0.3 is 5.97 Å². The number of thiophene rings is 1. The number of sulfonamides is 1. The van der Waals surface area contributed by atoms with Gasteiger partial charge in [0.15, 0.2) is 0 Å². The van der Waals surface area contributed by atoms with Crippen LogP contribution < -0.4 is 0 Å². The number of rotatable bonds is 3. The molecular weight excluding hydrogens is 366 g/mol. The topological polar surface area (TPSA) is 63.7 Å². The third kappa shape index (κ3) is 2.79. The summed E-state index contributed by atoms with van der Waals surface area (Å²) < 4.78 is 32.4. The maximum atomic E-state index is 12.6. The maximum absolute atomic E-state index is 12.6. The van der Waals surface area contributed by atoms with Crippen molar-refractivity contribution in [2.24, 2.45) is 11.8 Å². The Bertz CT molecular complexity index is 606. The van der Waals surface area contributed by atoms with Crippen LogP contribution in [-0.4, -0.2) is 38.9 Å². The minimum atomic E-state index is -3.53. The van der Waals surface area contributed by atoms with Crippen molar-refractivity contribution in [2.75, 3.05) is 20.2 Å². The molecule has 1 saturated heterocycles. The van der Waals surface area contributed by atoms with Crippen LogP contribution >= 0.6 is 27.3 Å². The van der Waals surface area contributed by atoms with Gasteiger partial charge in [0.1, 0.15) is 4.21 Å². The number of nitrogens with zero attached hydrogens (tertiary/aromatic N) is 1. The molecule has 5 nitrogen and oxygen atoms in total. The van der Waals surface area contributed by atoms with Crippen LogP contribution in [0.2, 0.25) is 0 Å². The van der Waals surface area contributed by atoms with Crippen LogP contribution in [-0.2, 0) is 19.6 Å². The molecule has 0 radical (unpaired) electrons. The van der Waals surface area contributed by atoms with Crippen molar-refractivity contribution in [3.63, 3.8) is 0 Å². The first-order chi connectivity index (χ1) is 9.27. The van der Waals surface area contributed by atoms with E-state index in [-0.39, 0.29) is 24.3 Å². The van der Waals surface area contributed by atoms with Crippen LogP contribution in [0.15, 0.2) is 14.1 Å². The molecule has 0 N–H and O–H groups in total. The van der Waals surface area contributed by atoms with Crippen molar-refractivity contribution in [2.45, 2.75) is 18.1 Å². The number of halogens is 1. The number of carbonyl (C=O) groups excluding carboxylic acids is 1. The third-order valence-corrected chi connectivity index (χ3v) is 7.93. The quantitative estimate of drug-likeness (QED) is 0.753. The Balaban J connectivity index is 2.26. The Labute approximate surface area is 131 Å². The average Bonchev–Trinajstić information content (AvgIpc) is 2.93. The number of esters is 1. The summed E-state index contributed by atoms with van der Waals surface area (Å²) in [7, 11) is -2.21. The number of carbonyl (C=O) groups is 1. The summed E-state index contributed by atoms with van der Waals surface area (Å²) in [6.45, 7) is 4.25. The van der Waals surface area contributed by atoms with Crippen molar-refractivity contribution in [3.8, 4) is 0 Å². The highest BCUT2D eigenvalue weighted by Gasteiger charge is 2.41. The van der Waals surface area contributed by atoms with Gasteiger partial charge in [-0.3, -0.25) is 4.79 Å². The van der Waals surface area contributed by atoms with Gasteiger partial charge in [-0.2, -0.15) is 4.31 Å².